The van der Waals surface area contributed by atoms with E-state index in [0.717, 1.165) is 0 Å². The molecule has 0 bridgehead atoms. The molecule has 6 unspecified atom stereocenters. The lowest BCUT2D eigenvalue weighted by atomic mass is 9.56. The summed E-state index contributed by atoms with van der Waals surface area (Å²) in [6.07, 6.45) is -10.9. The van der Waals surface area contributed by atoms with Crippen LogP contribution in [0.2, 0.25) is 0 Å². The number of rotatable bonds is 4. The first kappa shape index (κ1) is 22.4. The summed E-state index contributed by atoms with van der Waals surface area (Å²) in [5, 5.41) is 25.4. The van der Waals surface area contributed by atoms with Crippen LogP contribution in [-0.2, 0) is 0 Å². The lowest BCUT2D eigenvalue weighted by Gasteiger charge is -2.52. The van der Waals surface area contributed by atoms with E-state index in [1.807, 2.05) is 0 Å². The Balaban J connectivity index is 2.51. The van der Waals surface area contributed by atoms with Gasteiger partial charge in [0.1, 0.15) is 0 Å². The van der Waals surface area contributed by atoms with Crippen molar-refractivity contribution in [2.45, 2.75) is 62.3 Å². The Hall–Kier alpha value is -1.88. The van der Waals surface area contributed by atoms with Gasteiger partial charge in [-0.1, -0.05) is 12.8 Å². The third-order valence-corrected chi connectivity index (χ3v) is 5.96. The van der Waals surface area contributed by atoms with Crippen LogP contribution in [0.1, 0.15) is 38.5 Å². The van der Waals surface area contributed by atoms with E-state index < -0.39 is 60.3 Å². The number of azide groups is 2. The fourth-order valence-electron chi connectivity index (χ4n) is 4.79. The Labute approximate surface area is 154 Å². The molecule has 0 amide bonds. The topological polar surface area (TPSA) is 138 Å². The van der Waals surface area contributed by atoms with Gasteiger partial charge >= 0.3 is 12.4 Å². The SMILES string of the molecule is [N-]=[N+]=NC(O)(C1CCC(C(O)(N=[N+]=[N-])C(F)(F)F)C2CCCCC21)C(F)(F)F. The van der Waals surface area contributed by atoms with Crippen LogP contribution in [-0.4, -0.2) is 34.0 Å². The number of hydrogen-bond acceptors (Lipinski definition) is 4. The minimum absolute atomic E-state index is 0.0510. The molecule has 8 nitrogen and oxygen atoms in total. The molecular weight excluding hydrogens is 398 g/mol. The summed E-state index contributed by atoms with van der Waals surface area (Å²) in [7, 11) is 0. The molecule has 158 valence electrons. The molecule has 2 rings (SSSR count). The van der Waals surface area contributed by atoms with E-state index in [1.165, 1.54) is 0 Å². The van der Waals surface area contributed by atoms with Gasteiger partial charge in [0.15, 0.2) is 0 Å². The molecule has 2 aliphatic carbocycles. The van der Waals surface area contributed by atoms with Gasteiger partial charge in [0, 0.05) is 21.7 Å². The van der Waals surface area contributed by atoms with Gasteiger partial charge in [0.25, 0.3) is 0 Å². The molecule has 14 heteroatoms. The lowest BCUT2D eigenvalue weighted by molar-refractivity contribution is -0.310. The van der Waals surface area contributed by atoms with Crippen molar-refractivity contribution in [3.8, 4) is 0 Å². The maximum absolute atomic E-state index is 13.5. The summed E-state index contributed by atoms with van der Waals surface area (Å²) in [6, 6.07) is 0. The van der Waals surface area contributed by atoms with Crippen LogP contribution in [0.25, 0.3) is 20.9 Å². The highest BCUT2D eigenvalue weighted by molar-refractivity contribution is 5.05. The first-order valence-electron chi connectivity index (χ1n) is 8.54. The van der Waals surface area contributed by atoms with Crippen molar-refractivity contribution in [3.63, 3.8) is 0 Å². The highest BCUT2D eigenvalue weighted by Gasteiger charge is 2.67. The molecular formula is C14H18F6N6O2. The van der Waals surface area contributed by atoms with Gasteiger partial charge in [-0.05, 0) is 58.8 Å². The van der Waals surface area contributed by atoms with Gasteiger partial charge in [-0.3, -0.25) is 0 Å². The number of halogens is 6. The summed E-state index contributed by atoms with van der Waals surface area (Å²) in [6.45, 7) is 0. The van der Waals surface area contributed by atoms with E-state index in [2.05, 4.69) is 20.1 Å². The van der Waals surface area contributed by atoms with Crippen molar-refractivity contribution >= 4 is 0 Å². The second-order valence-corrected chi connectivity index (χ2v) is 7.23. The predicted octanol–water partition coefficient (Wildman–Crippen LogP) is 4.94. The van der Waals surface area contributed by atoms with Crippen molar-refractivity contribution in [1.29, 1.82) is 0 Å². The molecule has 2 N–H and O–H groups in total. The third kappa shape index (κ3) is 3.57. The van der Waals surface area contributed by atoms with E-state index in [4.69, 9.17) is 11.1 Å². The standard InChI is InChI=1S/C14H18F6N6O2/c15-13(16,17)11(27,23-25-21)9-5-6-10(8-4-2-1-3-7(8)9)12(28,24-26-22)14(18,19)20/h7-10,27-28H,1-6H2. The number of aliphatic hydroxyl groups is 2. The molecule has 0 saturated heterocycles. The molecule has 28 heavy (non-hydrogen) atoms. The quantitative estimate of drug-likeness (QED) is 0.290. The van der Waals surface area contributed by atoms with Crippen LogP contribution in [0.15, 0.2) is 10.2 Å². The van der Waals surface area contributed by atoms with Crippen LogP contribution in [0.3, 0.4) is 0 Å². The van der Waals surface area contributed by atoms with Gasteiger partial charge in [0.05, 0.1) is 0 Å². The number of nitrogens with zero attached hydrogens (tertiary/aromatic N) is 6. The van der Waals surface area contributed by atoms with Crippen LogP contribution in [0.4, 0.5) is 26.3 Å². The maximum atomic E-state index is 13.5. The van der Waals surface area contributed by atoms with Crippen LogP contribution >= 0.6 is 0 Å². The van der Waals surface area contributed by atoms with Gasteiger partial charge in [-0.2, -0.15) is 26.3 Å². The Morgan fingerprint density at radius 2 is 1.00 bits per heavy atom. The minimum atomic E-state index is -5.33. The van der Waals surface area contributed by atoms with Crippen molar-refractivity contribution in [3.05, 3.63) is 20.9 Å². The van der Waals surface area contributed by atoms with Crippen LogP contribution < -0.4 is 0 Å². The fourth-order valence-corrected chi connectivity index (χ4v) is 4.79. The minimum Gasteiger partial charge on any atom is -0.376 e. The maximum Gasteiger partial charge on any atom is 0.423 e. The molecule has 2 fully saturated rings. The second kappa shape index (κ2) is 7.51. The predicted molar refractivity (Wildman–Crippen MR) is 82.0 cm³/mol. The Morgan fingerprint density at radius 3 is 1.25 bits per heavy atom. The first-order valence-corrected chi connectivity index (χ1v) is 8.54. The molecule has 0 heterocycles. The zero-order valence-corrected chi connectivity index (χ0v) is 14.4. The van der Waals surface area contributed by atoms with Crippen molar-refractivity contribution in [1.82, 2.24) is 0 Å². The smallest absolute Gasteiger partial charge is 0.376 e. The molecule has 0 aliphatic heterocycles. The van der Waals surface area contributed by atoms with E-state index in [9.17, 15) is 36.6 Å². The van der Waals surface area contributed by atoms with E-state index in [1.54, 1.807) is 0 Å². The molecule has 0 aromatic heterocycles. The van der Waals surface area contributed by atoms with Crippen LogP contribution in [0.5, 0.6) is 0 Å². The summed E-state index contributed by atoms with van der Waals surface area (Å²) in [5.41, 5.74) is 9.46. The van der Waals surface area contributed by atoms with E-state index in [0.29, 0.717) is 12.8 Å². The zero-order chi connectivity index (χ0) is 21.4. The third-order valence-electron chi connectivity index (χ3n) is 5.96. The molecule has 0 spiro atoms. The number of alkyl halides is 6. The first-order chi connectivity index (χ1) is 12.8. The Morgan fingerprint density at radius 1 is 0.679 bits per heavy atom. The van der Waals surface area contributed by atoms with Crippen molar-refractivity contribution in [2.75, 3.05) is 0 Å². The fraction of sp³-hybridized carbons (Fsp3) is 1.00. The summed E-state index contributed by atoms with van der Waals surface area (Å²) < 4.78 is 80.8. The van der Waals surface area contributed by atoms with Crippen molar-refractivity contribution in [2.24, 2.45) is 33.9 Å². The number of fused-ring (bicyclic) bond motifs is 1. The van der Waals surface area contributed by atoms with E-state index >= 15 is 0 Å². The van der Waals surface area contributed by atoms with Gasteiger partial charge < -0.3 is 10.2 Å². The largest absolute Gasteiger partial charge is 0.423 e. The summed E-state index contributed by atoms with van der Waals surface area (Å²) in [4.78, 5) is 4.17. The Bertz CT molecular complexity index is 631. The van der Waals surface area contributed by atoms with E-state index in [-0.39, 0.29) is 12.8 Å². The number of hydrogen-bond donors (Lipinski definition) is 2. The lowest BCUT2D eigenvalue weighted by Crippen LogP contribution is -2.60. The molecule has 0 aromatic carbocycles. The van der Waals surface area contributed by atoms with Crippen molar-refractivity contribution < 1.29 is 36.6 Å². The van der Waals surface area contributed by atoms with Gasteiger partial charge in [0.2, 0.25) is 11.4 Å². The molecule has 2 aliphatic rings. The van der Waals surface area contributed by atoms with Gasteiger partial charge in [-0.15, -0.1) is 0 Å². The summed E-state index contributed by atoms with van der Waals surface area (Å²) >= 11 is 0. The Kier molecular flexibility index (Phi) is 6.01. The average molecular weight is 416 g/mol. The molecule has 0 radical (unpaired) electrons. The summed E-state index contributed by atoms with van der Waals surface area (Å²) in [5.74, 6) is -5.55. The van der Waals surface area contributed by atoms with Gasteiger partial charge in [-0.25, -0.2) is 0 Å². The normalized spacial score (nSPS) is 32.7. The monoisotopic (exact) mass is 416 g/mol. The molecule has 0 aromatic rings. The average Bonchev–Trinajstić information content (AvgIpc) is 2.59. The molecule has 6 atom stereocenters. The highest BCUT2D eigenvalue weighted by atomic mass is 19.4. The molecule has 2 saturated carbocycles. The highest BCUT2D eigenvalue weighted by Crippen LogP contribution is 2.58. The van der Waals surface area contributed by atoms with Crippen LogP contribution in [0, 0.1) is 23.7 Å². The zero-order valence-electron chi connectivity index (χ0n) is 14.4. The second-order valence-electron chi connectivity index (χ2n) is 7.23.